The van der Waals surface area contributed by atoms with Crippen LogP contribution in [-0.2, 0) is 11.2 Å². The van der Waals surface area contributed by atoms with E-state index in [1.54, 1.807) is 12.0 Å². The summed E-state index contributed by atoms with van der Waals surface area (Å²) in [4.78, 5) is 33.6. The van der Waals surface area contributed by atoms with Crippen LogP contribution in [0.3, 0.4) is 0 Å². The summed E-state index contributed by atoms with van der Waals surface area (Å²) in [5.74, 6) is 0.884. The van der Waals surface area contributed by atoms with Gasteiger partial charge in [0.2, 0.25) is 5.91 Å². The number of aryl methyl sites for hydroxylation is 1. The molecule has 0 bridgehead atoms. The molecule has 0 N–H and O–H groups in total. The van der Waals surface area contributed by atoms with Gasteiger partial charge in [-0.3, -0.25) is 9.59 Å². The summed E-state index contributed by atoms with van der Waals surface area (Å²) in [6.07, 6.45) is 2.29. The fourth-order valence-corrected chi connectivity index (χ4v) is 4.61. The molecule has 0 atom stereocenters. The normalized spacial score (nSPS) is 13.8. The summed E-state index contributed by atoms with van der Waals surface area (Å²) in [7, 11) is 1.63. The van der Waals surface area contributed by atoms with Gasteiger partial charge in [-0.25, -0.2) is 4.98 Å². The van der Waals surface area contributed by atoms with Crippen LogP contribution in [0.2, 0.25) is 0 Å². The maximum Gasteiger partial charge on any atom is 0.273 e. The molecule has 0 spiro atoms. The highest BCUT2D eigenvalue weighted by atomic mass is 32.1. The number of nitrogens with zero attached hydrogens (tertiary/aromatic N) is 3. The first-order chi connectivity index (χ1) is 15.6. The van der Waals surface area contributed by atoms with Crippen LogP contribution in [-0.4, -0.2) is 59.9 Å². The Morgan fingerprint density at radius 3 is 2.34 bits per heavy atom. The number of benzene rings is 2. The van der Waals surface area contributed by atoms with E-state index in [1.807, 2.05) is 52.7 Å². The maximum atomic E-state index is 12.9. The Bertz CT molecular complexity index is 1040. The highest BCUT2D eigenvalue weighted by Crippen LogP contribution is 2.26. The van der Waals surface area contributed by atoms with Crippen molar-refractivity contribution in [2.24, 2.45) is 0 Å². The molecule has 0 aliphatic carbocycles. The second kappa shape index (κ2) is 10.4. The van der Waals surface area contributed by atoms with Gasteiger partial charge in [-0.15, -0.1) is 11.3 Å². The molecule has 6 nitrogen and oxygen atoms in total. The van der Waals surface area contributed by atoms with Crippen LogP contribution in [0.1, 0.15) is 28.9 Å². The number of thiazole rings is 1. The number of hydrogen-bond acceptors (Lipinski definition) is 5. The van der Waals surface area contributed by atoms with Crippen LogP contribution >= 0.6 is 11.3 Å². The van der Waals surface area contributed by atoms with Crippen molar-refractivity contribution in [3.63, 3.8) is 0 Å². The van der Waals surface area contributed by atoms with Crippen LogP contribution in [0.4, 0.5) is 0 Å². The molecule has 3 aromatic rings. The number of hydrogen-bond donors (Lipinski definition) is 0. The van der Waals surface area contributed by atoms with E-state index in [4.69, 9.17) is 4.74 Å². The Labute approximate surface area is 192 Å². The molecule has 1 aliphatic heterocycles. The van der Waals surface area contributed by atoms with Crippen molar-refractivity contribution in [3.05, 3.63) is 71.2 Å². The predicted molar refractivity (Wildman–Crippen MR) is 126 cm³/mol. The number of amides is 2. The first-order valence-corrected chi connectivity index (χ1v) is 11.7. The summed E-state index contributed by atoms with van der Waals surface area (Å²) in [6, 6.07) is 17.9. The number of piperazine rings is 1. The fraction of sp³-hybridized carbons (Fsp3) is 0.320. The SMILES string of the molecule is COc1ccc(-c2nc(C(=O)N3CCN(C(=O)CCCc4ccccc4)CC3)cs2)cc1. The van der Waals surface area contributed by atoms with Crippen LogP contribution in [0.25, 0.3) is 10.6 Å². The molecule has 2 heterocycles. The number of aromatic nitrogens is 1. The zero-order chi connectivity index (χ0) is 22.3. The lowest BCUT2D eigenvalue weighted by atomic mass is 10.1. The molecular weight excluding hydrogens is 422 g/mol. The van der Waals surface area contributed by atoms with Crippen LogP contribution < -0.4 is 4.74 Å². The molecule has 2 aromatic carbocycles. The molecule has 2 amide bonds. The van der Waals surface area contributed by atoms with Gasteiger partial charge in [-0.05, 0) is 42.7 Å². The van der Waals surface area contributed by atoms with Crippen molar-refractivity contribution < 1.29 is 14.3 Å². The topological polar surface area (TPSA) is 62.7 Å². The van der Waals surface area contributed by atoms with E-state index >= 15 is 0 Å². The molecule has 1 saturated heterocycles. The van der Waals surface area contributed by atoms with Crippen molar-refractivity contribution in [2.45, 2.75) is 19.3 Å². The minimum absolute atomic E-state index is 0.0720. The molecule has 166 valence electrons. The molecule has 0 radical (unpaired) electrons. The van der Waals surface area contributed by atoms with E-state index in [0.717, 1.165) is 29.2 Å². The molecule has 32 heavy (non-hydrogen) atoms. The van der Waals surface area contributed by atoms with Gasteiger partial charge in [0.25, 0.3) is 5.91 Å². The Morgan fingerprint density at radius 1 is 0.969 bits per heavy atom. The zero-order valence-corrected chi connectivity index (χ0v) is 19.0. The number of rotatable bonds is 7. The third kappa shape index (κ3) is 5.34. The van der Waals surface area contributed by atoms with Crippen molar-refractivity contribution >= 4 is 23.2 Å². The van der Waals surface area contributed by atoms with Gasteiger partial charge in [0.05, 0.1) is 7.11 Å². The second-order valence-corrected chi connectivity index (χ2v) is 8.64. The number of ether oxygens (including phenoxy) is 1. The van der Waals surface area contributed by atoms with Crippen molar-refractivity contribution in [1.29, 1.82) is 0 Å². The molecule has 0 saturated carbocycles. The van der Waals surface area contributed by atoms with E-state index in [9.17, 15) is 9.59 Å². The van der Waals surface area contributed by atoms with Gasteiger partial charge < -0.3 is 14.5 Å². The van der Waals surface area contributed by atoms with Crippen molar-refractivity contribution in [2.75, 3.05) is 33.3 Å². The minimum Gasteiger partial charge on any atom is -0.497 e. The first kappa shape index (κ1) is 22.0. The van der Waals surface area contributed by atoms with E-state index in [1.165, 1.54) is 16.9 Å². The van der Waals surface area contributed by atoms with E-state index in [-0.39, 0.29) is 11.8 Å². The Kier molecular flexibility index (Phi) is 7.17. The molecule has 1 fully saturated rings. The second-order valence-electron chi connectivity index (χ2n) is 7.78. The summed E-state index contributed by atoms with van der Waals surface area (Å²) >= 11 is 1.46. The van der Waals surface area contributed by atoms with E-state index in [2.05, 4.69) is 17.1 Å². The maximum absolute atomic E-state index is 12.9. The minimum atomic E-state index is -0.0720. The standard InChI is InChI=1S/C25H27N3O3S/c1-31-21-12-10-20(11-13-21)24-26-22(18-32-24)25(30)28-16-14-27(15-17-28)23(29)9-5-8-19-6-3-2-4-7-19/h2-4,6-7,10-13,18H,5,8-9,14-17H2,1H3. The van der Waals surface area contributed by atoms with Gasteiger partial charge in [0.1, 0.15) is 16.5 Å². The lowest BCUT2D eigenvalue weighted by Crippen LogP contribution is -2.50. The smallest absolute Gasteiger partial charge is 0.273 e. The third-order valence-electron chi connectivity index (χ3n) is 5.68. The summed E-state index contributed by atoms with van der Waals surface area (Å²) in [6.45, 7) is 2.23. The molecule has 0 unspecified atom stereocenters. The van der Waals surface area contributed by atoms with Crippen molar-refractivity contribution in [1.82, 2.24) is 14.8 Å². The number of carbonyl (C=O) groups is 2. The molecule has 1 aliphatic rings. The van der Waals surface area contributed by atoms with Crippen LogP contribution in [0.5, 0.6) is 5.75 Å². The summed E-state index contributed by atoms with van der Waals surface area (Å²) in [5, 5.41) is 2.62. The van der Waals surface area contributed by atoms with E-state index < -0.39 is 0 Å². The largest absolute Gasteiger partial charge is 0.497 e. The Balaban J connectivity index is 1.26. The van der Waals surface area contributed by atoms with Gasteiger partial charge in [-0.1, -0.05) is 30.3 Å². The zero-order valence-electron chi connectivity index (χ0n) is 18.2. The monoisotopic (exact) mass is 449 g/mol. The number of methoxy groups -OCH3 is 1. The van der Waals surface area contributed by atoms with Crippen LogP contribution in [0.15, 0.2) is 60.0 Å². The Hall–Kier alpha value is -3.19. The predicted octanol–water partition coefficient (Wildman–Crippen LogP) is 4.13. The first-order valence-electron chi connectivity index (χ1n) is 10.8. The highest BCUT2D eigenvalue weighted by Gasteiger charge is 2.26. The Morgan fingerprint density at radius 2 is 1.66 bits per heavy atom. The van der Waals surface area contributed by atoms with E-state index in [0.29, 0.717) is 38.3 Å². The average Bonchev–Trinajstić information content (AvgIpc) is 3.35. The lowest BCUT2D eigenvalue weighted by Gasteiger charge is -2.34. The van der Waals surface area contributed by atoms with Crippen molar-refractivity contribution in [3.8, 4) is 16.3 Å². The molecule has 4 rings (SSSR count). The molecular formula is C25H27N3O3S. The van der Waals surface area contributed by atoms with Gasteiger partial charge >= 0.3 is 0 Å². The average molecular weight is 450 g/mol. The van der Waals surface area contributed by atoms with Gasteiger partial charge in [-0.2, -0.15) is 0 Å². The number of carbonyl (C=O) groups excluding carboxylic acids is 2. The summed E-state index contributed by atoms with van der Waals surface area (Å²) in [5.41, 5.74) is 2.68. The highest BCUT2D eigenvalue weighted by molar-refractivity contribution is 7.13. The molecule has 1 aromatic heterocycles. The fourth-order valence-electron chi connectivity index (χ4n) is 3.81. The third-order valence-corrected chi connectivity index (χ3v) is 6.57. The van der Waals surface area contributed by atoms with Gasteiger partial charge in [0.15, 0.2) is 0 Å². The quantitative estimate of drug-likeness (QED) is 0.544. The molecule has 7 heteroatoms. The summed E-state index contributed by atoms with van der Waals surface area (Å²) < 4.78 is 5.19. The lowest BCUT2D eigenvalue weighted by molar-refractivity contribution is -0.132. The van der Waals surface area contributed by atoms with Gasteiger partial charge in [0, 0.05) is 43.5 Å². The van der Waals surface area contributed by atoms with Crippen LogP contribution in [0, 0.1) is 0 Å².